The van der Waals surface area contributed by atoms with Crippen molar-refractivity contribution in [2.24, 2.45) is 0 Å². The molecular formula is C19H13ClO8S. The van der Waals surface area contributed by atoms with Crippen LogP contribution in [0.2, 0.25) is 5.02 Å². The molecule has 2 N–H and O–H groups in total. The Bertz CT molecular complexity index is 1390. The molecular weight excluding hydrogens is 424 g/mol. The topological polar surface area (TPSA) is 131 Å². The van der Waals surface area contributed by atoms with Crippen molar-refractivity contribution in [1.82, 2.24) is 0 Å². The summed E-state index contributed by atoms with van der Waals surface area (Å²) in [6.07, 6.45) is 0. The minimum absolute atomic E-state index is 0.00735. The third kappa shape index (κ3) is 2.98. The van der Waals surface area contributed by atoms with Crippen LogP contribution in [-0.4, -0.2) is 24.0 Å². The van der Waals surface area contributed by atoms with Crippen LogP contribution in [0.15, 0.2) is 44.4 Å². The number of aromatic carboxylic acids is 1. The number of rotatable bonds is 2. The Morgan fingerprint density at radius 3 is 2.45 bits per heavy atom. The molecule has 1 aliphatic heterocycles. The molecule has 0 bridgehead atoms. The number of fused-ring (bicyclic) bond motifs is 5. The maximum Gasteiger partial charge on any atom is 0.371 e. The van der Waals surface area contributed by atoms with Crippen LogP contribution in [0.5, 0.6) is 5.75 Å². The number of benzene rings is 2. The molecule has 10 heteroatoms. The van der Waals surface area contributed by atoms with Crippen LogP contribution >= 0.6 is 11.6 Å². The van der Waals surface area contributed by atoms with E-state index in [9.17, 15) is 22.6 Å². The van der Waals surface area contributed by atoms with E-state index >= 15 is 0 Å². The van der Waals surface area contributed by atoms with Gasteiger partial charge in [-0.25, -0.2) is 4.79 Å². The zero-order valence-corrected chi connectivity index (χ0v) is 16.6. The lowest BCUT2D eigenvalue weighted by Gasteiger charge is -2.35. The molecule has 0 saturated heterocycles. The Morgan fingerprint density at radius 1 is 1.14 bits per heavy atom. The van der Waals surface area contributed by atoms with Crippen LogP contribution in [0.25, 0.3) is 22.1 Å². The second kappa shape index (κ2) is 6.06. The molecule has 29 heavy (non-hydrogen) atoms. The summed E-state index contributed by atoms with van der Waals surface area (Å²) < 4.78 is 43.7. The van der Waals surface area contributed by atoms with Gasteiger partial charge in [0.15, 0.2) is 11.0 Å². The van der Waals surface area contributed by atoms with E-state index in [1.54, 1.807) is 13.8 Å². The van der Waals surface area contributed by atoms with Gasteiger partial charge in [-0.15, -0.1) is 0 Å². The van der Waals surface area contributed by atoms with Crippen LogP contribution in [0.4, 0.5) is 0 Å². The van der Waals surface area contributed by atoms with Gasteiger partial charge < -0.3 is 14.3 Å². The number of ether oxygens (including phenoxy) is 1. The lowest BCUT2D eigenvalue weighted by molar-refractivity contribution is 0.0662. The van der Waals surface area contributed by atoms with Crippen molar-refractivity contribution >= 4 is 38.7 Å². The highest BCUT2D eigenvalue weighted by atomic mass is 35.5. The van der Waals surface area contributed by atoms with E-state index in [-0.39, 0.29) is 26.6 Å². The van der Waals surface area contributed by atoms with E-state index in [1.165, 1.54) is 24.3 Å². The fraction of sp³-hybridized carbons (Fsp3) is 0.158. The molecule has 0 radical (unpaired) electrons. The number of carbonyl (C=O) groups is 1. The third-order valence-electron chi connectivity index (χ3n) is 4.70. The summed E-state index contributed by atoms with van der Waals surface area (Å²) in [7, 11) is -4.43. The summed E-state index contributed by atoms with van der Waals surface area (Å²) >= 11 is 6.27. The molecule has 0 fully saturated rings. The summed E-state index contributed by atoms with van der Waals surface area (Å²) in [5, 5.41) is 9.10. The van der Waals surface area contributed by atoms with E-state index < -0.39 is 32.9 Å². The number of halogens is 1. The first-order valence-electron chi connectivity index (χ1n) is 8.25. The number of hydrogen-bond acceptors (Lipinski definition) is 6. The molecule has 0 aliphatic carbocycles. The van der Waals surface area contributed by atoms with Crippen molar-refractivity contribution in [3.05, 3.63) is 56.9 Å². The van der Waals surface area contributed by atoms with E-state index in [0.717, 1.165) is 6.07 Å². The van der Waals surface area contributed by atoms with E-state index in [4.69, 9.17) is 25.9 Å². The molecule has 0 spiro atoms. The van der Waals surface area contributed by atoms with Crippen molar-refractivity contribution in [1.29, 1.82) is 0 Å². The zero-order chi connectivity index (χ0) is 21.3. The average molecular weight is 437 g/mol. The molecule has 0 saturated carbocycles. The molecule has 4 rings (SSSR count). The minimum atomic E-state index is -4.43. The van der Waals surface area contributed by atoms with Crippen molar-refractivity contribution in [3.8, 4) is 16.9 Å². The van der Waals surface area contributed by atoms with Crippen molar-refractivity contribution in [2.75, 3.05) is 0 Å². The first kappa shape index (κ1) is 19.4. The van der Waals surface area contributed by atoms with Gasteiger partial charge in [0.25, 0.3) is 10.1 Å². The quantitative estimate of drug-likeness (QED) is 0.581. The van der Waals surface area contributed by atoms with Gasteiger partial charge in [0.05, 0.1) is 9.92 Å². The number of hydrogen-bond donors (Lipinski definition) is 2. The van der Waals surface area contributed by atoms with Crippen LogP contribution in [0.3, 0.4) is 0 Å². The first-order valence-corrected chi connectivity index (χ1v) is 10.1. The molecule has 0 unspecified atom stereocenters. The van der Waals surface area contributed by atoms with Gasteiger partial charge >= 0.3 is 5.97 Å². The molecule has 8 nitrogen and oxygen atoms in total. The maximum atomic E-state index is 12.7. The second-order valence-corrected chi connectivity index (χ2v) is 8.84. The standard InChI is InChI=1S/C19H13ClO8S/c1-19(2)11-5-8(29(24,25)26)3-4-9(11)10-6-12(20)17-15(16(10)28-19)13(21)7-14(27-17)18(22)23/h3-7H,1-2H3,(H,22,23)(H,24,25,26). The lowest BCUT2D eigenvalue weighted by Crippen LogP contribution is -2.30. The van der Waals surface area contributed by atoms with Gasteiger partial charge in [-0.2, -0.15) is 8.42 Å². The largest absolute Gasteiger partial charge is 0.482 e. The van der Waals surface area contributed by atoms with Crippen LogP contribution in [0.1, 0.15) is 30.0 Å². The SMILES string of the molecule is CC1(C)Oc2c(cc(Cl)c3oc(C(=O)O)cc(=O)c23)-c2ccc(S(=O)(=O)O)cc21. The fourth-order valence-corrected chi connectivity index (χ4v) is 4.16. The van der Waals surface area contributed by atoms with Gasteiger partial charge in [-0.05, 0) is 37.6 Å². The number of carboxylic acid groups (broad SMARTS) is 1. The van der Waals surface area contributed by atoms with Crippen LogP contribution in [-0.2, 0) is 15.7 Å². The summed E-state index contributed by atoms with van der Waals surface area (Å²) in [5.41, 5.74) is -0.424. The molecule has 1 aromatic heterocycles. The highest BCUT2D eigenvalue weighted by Gasteiger charge is 2.36. The fourth-order valence-electron chi connectivity index (χ4n) is 3.41. The van der Waals surface area contributed by atoms with Crippen molar-refractivity contribution in [3.63, 3.8) is 0 Å². The molecule has 1 aliphatic rings. The maximum absolute atomic E-state index is 12.7. The van der Waals surface area contributed by atoms with Crippen molar-refractivity contribution < 1.29 is 32.0 Å². The highest BCUT2D eigenvalue weighted by molar-refractivity contribution is 7.85. The minimum Gasteiger partial charge on any atom is -0.482 e. The summed E-state index contributed by atoms with van der Waals surface area (Å²) in [5.74, 6) is -1.83. The lowest BCUT2D eigenvalue weighted by atomic mass is 9.85. The molecule has 3 aromatic rings. The Kier molecular flexibility index (Phi) is 4.06. The Balaban J connectivity index is 2.11. The summed E-state index contributed by atoms with van der Waals surface area (Å²) in [6.45, 7) is 3.33. The molecule has 2 heterocycles. The smallest absolute Gasteiger partial charge is 0.371 e. The van der Waals surface area contributed by atoms with Gasteiger partial charge in [0, 0.05) is 17.2 Å². The average Bonchev–Trinajstić information content (AvgIpc) is 2.61. The summed E-state index contributed by atoms with van der Waals surface area (Å²) in [6, 6.07) is 6.30. The van der Waals surface area contributed by atoms with Crippen molar-refractivity contribution in [2.45, 2.75) is 24.3 Å². The Morgan fingerprint density at radius 2 is 1.83 bits per heavy atom. The Labute approximate surface area is 169 Å². The highest BCUT2D eigenvalue weighted by Crippen LogP contribution is 2.49. The van der Waals surface area contributed by atoms with Crippen LogP contribution in [0, 0.1) is 0 Å². The zero-order valence-electron chi connectivity index (χ0n) is 15.0. The Hall–Kier alpha value is -2.88. The normalized spacial score (nSPS) is 14.8. The van der Waals surface area contributed by atoms with Gasteiger partial charge in [0.1, 0.15) is 16.7 Å². The second-order valence-electron chi connectivity index (χ2n) is 7.01. The van der Waals surface area contributed by atoms with E-state index in [1.807, 2.05) is 0 Å². The van der Waals surface area contributed by atoms with Crippen LogP contribution < -0.4 is 10.2 Å². The predicted molar refractivity (Wildman–Crippen MR) is 103 cm³/mol. The van der Waals surface area contributed by atoms with E-state index in [0.29, 0.717) is 16.7 Å². The molecule has 150 valence electrons. The third-order valence-corrected chi connectivity index (χ3v) is 5.83. The van der Waals surface area contributed by atoms with Gasteiger partial charge in [-0.1, -0.05) is 17.7 Å². The first-order chi connectivity index (χ1) is 13.4. The summed E-state index contributed by atoms with van der Waals surface area (Å²) in [4.78, 5) is 23.6. The predicted octanol–water partition coefficient (Wildman–Crippen LogP) is 3.69. The molecule has 2 aromatic carbocycles. The monoisotopic (exact) mass is 436 g/mol. The number of carboxylic acids is 1. The van der Waals surface area contributed by atoms with Gasteiger partial charge in [-0.3, -0.25) is 9.35 Å². The molecule has 0 atom stereocenters. The van der Waals surface area contributed by atoms with E-state index in [2.05, 4.69) is 0 Å². The molecule has 0 amide bonds. The van der Waals surface area contributed by atoms with Gasteiger partial charge in [0.2, 0.25) is 5.76 Å².